The fourth-order valence-corrected chi connectivity index (χ4v) is 1.53. The summed E-state index contributed by atoms with van der Waals surface area (Å²) in [7, 11) is 1.57. The number of hydrogen-bond donors (Lipinski definition) is 2. The van der Waals surface area contributed by atoms with Gasteiger partial charge in [0.2, 0.25) is 0 Å². The molecule has 0 unspecified atom stereocenters. The zero-order valence-corrected chi connectivity index (χ0v) is 12.5. The van der Waals surface area contributed by atoms with Crippen LogP contribution in [0.3, 0.4) is 0 Å². The third-order valence-electron chi connectivity index (χ3n) is 2.97. The van der Waals surface area contributed by atoms with Crippen LogP contribution in [0.4, 0.5) is 0 Å². The standard InChI is InChI=1S/C15H23NO4/c1-5-16-9-11-6-7-12(13(8-11)19-4)20-10-15(2,3)14(17)18/h6-8,16H,5,9-10H2,1-4H3,(H,17,18). The van der Waals surface area contributed by atoms with Crippen LogP contribution in [0.25, 0.3) is 0 Å². The molecule has 112 valence electrons. The summed E-state index contributed by atoms with van der Waals surface area (Å²) < 4.78 is 10.9. The quantitative estimate of drug-likeness (QED) is 0.765. The van der Waals surface area contributed by atoms with Crippen LogP contribution in [0, 0.1) is 5.41 Å². The molecule has 0 aromatic heterocycles. The minimum absolute atomic E-state index is 0.0885. The Labute approximate surface area is 119 Å². The van der Waals surface area contributed by atoms with Crippen LogP contribution < -0.4 is 14.8 Å². The van der Waals surface area contributed by atoms with Crippen LogP contribution in [0.5, 0.6) is 11.5 Å². The number of rotatable bonds is 8. The molecule has 5 heteroatoms. The summed E-state index contributed by atoms with van der Waals surface area (Å²) in [5.74, 6) is 0.281. The second-order valence-electron chi connectivity index (χ2n) is 5.24. The smallest absolute Gasteiger partial charge is 0.312 e. The first-order valence-corrected chi connectivity index (χ1v) is 6.64. The van der Waals surface area contributed by atoms with E-state index in [1.807, 2.05) is 25.1 Å². The molecule has 1 aromatic carbocycles. The molecule has 5 nitrogen and oxygen atoms in total. The first-order chi connectivity index (χ1) is 9.40. The summed E-state index contributed by atoms with van der Waals surface area (Å²) in [6.07, 6.45) is 0. The van der Waals surface area contributed by atoms with E-state index in [1.54, 1.807) is 21.0 Å². The maximum absolute atomic E-state index is 11.0. The van der Waals surface area contributed by atoms with Gasteiger partial charge in [-0.05, 0) is 38.1 Å². The molecule has 0 atom stereocenters. The molecule has 0 amide bonds. The van der Waals surface area contributed by atoms with Gasteiger partial charge in [-0.2, -0.15) is 0 Å². The van der Waals surface area contributed by atoms with E-state index >= 15 is 0 Å². The Kier molecular flexibility index (Phi) is 5.82. The summed E-state index contributed by atoms with van der Waals surface area (Å²) >= 11 is 0. The first-order valence-electron chi connectivity index (χ1n) is 6.64. The Bertz CT molecular complexity index is 457. The molecular weight excluding hydrogens is 258 g/mol. The fraction of sp³-hybridized carbons (Fsp3) is 0.533. The number of methoxy groups -OCH3 is 1. The lowest BCUT2D eigenvalue weighted by molar-refractivity contribution is -0.148. The number of carboxylic acid groups (broad SMARTS) is 1. The van der Waals surface area contributed by atoms with Crippen LogP contribution in [0.15, 0.2) is 18.2 Å². The third kappa shape index (κ3) is 4.42. The molecule has 1 rings (SSSR count). The van der Waals surface area contributed by atoms with Crippen LogP contribution in [-0.4, -0.2) is 31.3 Å². The summed E-state index contributed by atoms with van der Waals surface area (Å²) in [5, 5.41) is 12.3. The maximum Gasteiger partial charge on any atom is 0.312 e. The van der Waals surface area contributed by atoms with E-state index in [9.17, 15) is 4.79 Å². The number of aliphatic carboxylic acids is 1. The summed E-state index contributed by atoms with van der Waals surface area (Å²) in [6.45, 7) is 7.04. The van der Waals surface area contributed by atoms with Gasteiger partial charge < -0.3 is 19.9 Å². The highest BCUT2D eigenvalue weighted by molar-refractivity contribution is 5.73. The van der Waals surface area contributed by atoms with Gasteiger partial charge in [-0.25, -0.2) is 0 Å². The molecule has 2 N–H and O–H groups in total. The average molecular weight is 281 g/mol. The van der Waals surface area contributed by atoms with Gasteiger partial charge in [-0.3, -0.25) is 4.79 Å². The van der Waals surface area contributed by atoms with Gasteiger partial charge in [0.25, 0.3) is 0 Å². The lowest BCUT2D eigenvalue weighted by atomic mass is 9.95. The minimum Gasteiger partial charge on any atom is -0.493 e. The lowest BCUT2D eigenvalue weighted by Gasteiger charge is -2.20. The third-order valence-corrected chi connectivity index (χ3v) is 2.97. The number of benzene rings is 1. The van der Waals surface area contributed by atoms with Gasteiger partial charge in [-0.15, -0.1) is 0 Å². The van der Waals surface area contributed by atoms with Crippen molar-refractivity contribution in [1.82, 2.24) is 5.32 Å². The van der Waals surface area contributed by atoms with Gasteiger partial charge >= 0.3 is 5.97 Å². The van der Waals surface area contributed by atoms with Gasteiger partial charge in [-0.1, -0.05) is 13.0 Å². The normalized spacial score (nSPS) is 11.2. The van der Waals surface area contributed by atoms with Crippen LogP contribution in [0.2, 0.25) is 0 Å². The van der Waals surface area contributed by atoms with Crippen molar-refractivity contribution in [1.29, 1.82) is 0 Å². The molecule has 20 heavy (non-hydrogen) atoms. The van der Waals surface area contributed by atoms with Gasteiger partial charge in [0.1, 0.15) is 6.61 Å². The Morgan fingerprint density at radius 3 is 2.60 bits per heavy atom. The molecule has 1 aromatic rings. The Balaban J connectivity index is 2.77. The number of hydrogen-bond acceptors (Lipinski definition) is 4. The monoisotopic (exact) mass is 281 g/mol. The van der Waals surface area contributed by atoms with E-state index < -0.39 is 11.4 Å². The predicted octanol–water partition coefficient (Wildman–Crippen LogP) is 2.29. The number of carbonyl (C=O) groups is 1. The Hall–Kier alpha value is -1.75. The highest BCUT2D eigenvalue weighted by atomic mass is 16.5. The molecule has 0 aliphatic carbocycles. The van der Waals surface area contributed by atoms with E-state index in [0.29, 0.717) is 11.5 Å². The molecule has 0 aliphatic rings. The average Bonchev–Trinajstić information content (AvgIpc) is 2.43. The lowest BCUT2D eigenvalue weighted by Crippen LogP contribution is -2.30. The highest BCUT2D eigenvalue weighted by Gasteiger charge is 2.28. The zero-order valence-electron chi connectivity index (χ0n) is 12.5. The topological polar surface area (TPSA) is 67.8 Å². The van der Waals surface area contributed by atoms with Crippen molar-refractivity contribution in [3.05, 3.63) is 23.8 Å². The summed E-state index contributed by atoms with van der Waals surface area (Å²) in [4.78, 5) is 11.0. The predicted molar refractivity (Wildman–Crippen MR) is 77.3 cm³/mol. The molecule has 0 aliphatic heterocycles. The van der Waals surface area contributed by atoms with Gasteiger partial charge in [0.15, 0.2) is 11.5 Å². The van der Waals surface area contributed by atoms with Crippen molar-refractivity contribution in [2.24, 2.45) is 5.41 Å². The fourth-order valence-electron chi connectivity index (χ4n) is 1.53. The Morgan fingerprint density at radius 1 is 1.35 bits per heavy atom. The molecule has 0 bridgehead atoms. The number of ether oxygens (including phenoxy) is 2. The van der Waals surface area contributed by atoms with Crippen LogP contribution in [0.1, 0.15) is 26.3 Å². The largest absolute Gasteiger partial charge is 0.493 e. The van der Waals surface area contributed by atoms with Crippen molar-refractivity contribution in [3.8, 4) is 11.5 Å². The molecule has 0 spiro atoms. The number of carboxylic acids is 1. The summed E-state index contributed by atoms with van der Waals surface area (Å²) in [6, 6.07) is 5.64. The van der Waals surface area contributed by atoms with Crippen LogP contribution >= 0.6 is 0 Å². The SMILES string of the molecule is CCNCc1ccc(OCC(C)(C)C(=O)O)c(OC)c1. The molecule has 0 heterocycles. The number of nitrogens with one attached hydrogen (secondary N) is 1. The summed E-state index contributed by atoms with van der Waals surface area (Å²) in [5.41, 5.74) is 0.154. The van der Waals surface area contributed by atoms with E-state index in [-0.39, 0.29) is 6.61 Å². The van der Waals surface area contributed by atoms with E-state index in [4.69, 9.17) is 14.6 Å². The van der Waals surface area contributed by atoms with Crippen molar-refractivity contribution in [3.63, 3.8) is 0 Å². The molecular formula is C15H23NO4. The van der Waals surface area contributed by atoms with E-state index in [0.717, 1.165) is 18.7 Å². The van der Waals surface area contributed by atoms with Gasteiger partial charge in [0, 0.05) is 6.54 Å². The minimum atomic E-state index is -0.937. The second-order valence-corrected chi connectivity index (χ2v) is 5.24. The first kappa shape index (κ1) is 16.3. The van der Waals surface area contributed by atoms with Crippen molar-refractivity contribution in [2.75, 3.05) is 20.3 Å². The second kappa shape index (κ2) is 7.14. The highest BCUT2D eigenvalue weighted by Crippen LogP contribution is 2.29. The zero-order chi connectivity index (χ0) is 15.2. The van der Waals surface area contributed by atoms with E-state index in [1.165, 1.54) is 0 Å². The van der Waals surface area contributed by atoms with Crippen molar-refractivity contribution >= 4 is 5.97 Å². The Morgan fingerprint density at radius 2 is 2.05 bits per heavy atom. The van der Waals surface area contributed by atoms with Crippen molar-refractivity contribution in [2.45, 2.75) is 27.3 Å². The van der Waals surface area contributed by atoms with Crippen molar-refractivity contribution < 1.29 is 19.4 Å². The molecule has 0 fully saturated rings. The molecule has 0 saturated carbocycles. The van der Waals surface area contributed by atoms with Crippen LogP contribution in [-0.2, 0) is 11.3 Å². The molecule has 0 radical (unpaired) electrons. The van der Waals surface area contributed by atoms with Gasteiger partial charge in [0.05, 0.1) is 12.5 Å². The maximum atomic E-state index is 11.0. The van der Waals surface area contributed by atoms with E-state index in [2.05, 4.69) is 5.32 Å². The molecule has 0 saturated heterocycles.